The molecule has 1 atom stereocenters. The molecule has 2 rings (SSSR count). The molecule has 2 amide bonds. The van der Waals surface area contributed by atoms with E-state index in [1.54, 1.807) is 6.07 Å². The van der Waals surface area contributed by atoms with Gasteiger partial charge in [0, 0.05) is 6.07 Å². The molecule has 1 unspecified atom stereocenters. The molecular weight excluding hydrogens is 272 g/mol. The first kappa shape index (κ1) is 13.3. The monoisotopic (exact) mass is 282 g/mol. The Bertz CT molecular complexity index is 560. The van der Waals surface area contributed by atoms with Crippen LogP contribution >= 0.6 is 11.8 Å². The minimum absolute atomic E-state index is 0.158. The van der Waals surface area contributed by atoms with Crippen LogP contribution in [-0.2, 0) is 11.2 Å². The molecule has 8 heteroatoms. The van der Waals surface area contributed by atoms with Gasteiger partial charge in [0.2, 0.25) is 5.91 Å². The van der Waals surface area contributed by atoms with Crippen LogP contribution in [0.2, 0.25) is 0 Å². The van der Waals surface area contributed by atoms with E-state index in [9.17, 15) is 19.7 Å². The van der Waals surface area contributed by atoms with E-state index in [-0.39, 0.29) is 23.8 Å². The molecule has 1 saturated heterocycles. The van der Waals surface area contributed by atoms with Crippen molar-refractivity contribution in [1.29, 1.82) is 0 Å². The van der Waals surface area contributed by atoms with Crippen molar-refractivity contribution in [3.63, 3.8) is 0 Å². The number of thioether (sulfide) groups is 1. The fourth-order valence-corrected chi connectivity index (χ4v) is 2.61. The minimum Gasteiger partial charge on any atom is -0.490 e. The van der Waals surface area contributed by atoms with Crippen LogP contribution in [0, 0.1) is 10.1 Å². The summed E-state index contributed by atoms with van der Waals surface area (Å²) < 4.78 is 4.89. The maximum atomic E-state index is 11.4. The van der Waals surface area contributed by atoms with Crippen LogP contribution < -0.4 is 10.1 Å². The van der Waals surface area contributed by atoms with E-state index in [2.05, 4.69) is 5.32 Å². The summed E-state index contributed by atoms with van der Waals surface area (Å²) in [5.41, 5.74) is 0.449. The number of ether oxygens (including phenoxy) is 1. The van der Waals surface area contributed by atoms with Crippen LogP contribution in [0.1, 0.15) is 5.56 Å². The normalized spacial score (nSPS) is 18.3. The molecule has 0 aliphatic carbocycles. The Hall–Kier alpha value is -2.09. The number of hydrogen-bond donors (Lipinski definition) is 1. The molecule has 1 aliphatic heterocycles. The van der Waals surface area contributed by atoms with Crippen molar-refractivity contribution < 1.29 is 19.2 Å². The second-order valence-corrected chi connectivity index (χ2v) is 5.03. The summed E-state index contributed by atoms with van der Waals surface area (Å²) in [6.45, 7) is 0. The maximum absolute atomic E-state index is 11.4. The highest BCUT2D eigenvalue weighted by Crippen LogP contribution is 2.30. The largest absolute Gasteiger partial charge is 0.490 e. The number of amides is 2. The third-order valence-corrected chi connectivity index (χ3v) is 3.61. The van der Waals surface area contributed by atoms with Gasteiger partial charge in [0.1, 0.15) is 0 Å². The first-order chi connectivity index (χ1) is 9.01. The second-order valence-electron chi connectivity index (χ2n) is 3.85. The molecule has 100 valence electrons. The number of nitrogens with one attached hydrogen (secondary N) is 1. The zero-order chi connectivity index (χ0) is 14.0. The first-order valence-corrected chi connectivity index (χ1v) is 6.22. The molecule has 0 bridgehead atoms. The SMILES string of the molecule is COc1ccc(CC2SC(=O)NC2=O)cc1[N+](=O)[O-]. The molecule has 19 heavy (non-hydrogen) atoms. The molecule has 1 fully saturated rings. The van der Waals surface area contributed by atoms with Gasteiger partial charge in [-0.15, -0.1) is 0 Å². The van der Waals surface area contributed by atoms with E-state index in [4.69, 9.17) is 4.74 Å². The van der Waals surface area contributed by atoms with Gasteiger partial charge in [-0.3, -0.25) is 25.0 Å². The van der Waals surface area contributed by atoms with Gasteiger partial charge in [0.15, 0.2) is 5.75 Å². The predicted molar refractivity (Wildman–Crippen MR) is 68.3 cm³/mol. The lowest BCUT2D eigenvalue weighted by Gasteiger charge is -2.07. The van der Waals surface area contributed by atoms with Gasteiger partial charge in [-0.1, -0.05) is 17.8 Å². The fraction of sp³-hybridized carbons (Fsp3) is 0.273. The quantitative estimate of drug-likeness (QED) is 0.663. The van der Waals surface area contributed by atoms with Gasteiger partial charge in [-0.2, -0.15) is 0 Å². The number of imide groups is 1. The Kier molecular flexibility index (Phi) is 3.70. The highest BCUT2D eigenvalue weighted by atomic mass is 32.2. The van der Waals surface area contributed by atoms with Crippen LogP contribution in [0.3, 0.4) is 0 Å². The molecule has 0 spiro atoms. The third-order valence-electron chi connectivity index (χ3n) is 2.63. The van der Waals surface area contributed by atoms with Gasteiger partial charge in [0.25, 0.3) is 5.24 Å². The molecular formula is C11H10N2O5S. The Labute approximate surface area is 112 Å². The smallest absolute Gasteiger partial charge is 0.311 e. The van der Waals surface area contributed by atoms with Crippen molar-refractivity contribution in [1.82, 2.24) is 5.32 Å². The van der Waals surface area contributed by atoms with Crippen LogP contribution in [0.4, 0.5) is 10.5 Å². The fourth-order valence-electron chi connectivity index (χ4n) is 1.75. The highest BCUT2D eigenvalue weighted by Gasteiger charge is 2.32. The van der Waals surface area contributed by atoms with Gasteiger partial charge < -0.3 is 4.74 Å². The molecule has 0 aromatic heterocycles. The summed E-state index contributed by atoms with van der Waals surface area (Å²) in [5, 5.41) is 12.1. The van der Waals surface area contributed by atoms with Crippen molar-refractivity contribution >= 4 is 28.6 Å². The lowest BCUT2D eigenvalue weighted by molar-refractivity contribution is -0.385. The Balaban J connectivity index is 2.22. The highest BCUT2D eigenvalue weighted by molar-refractivity contribution is 8.15. The molecule has 0 saturated carbocycles. The van der Waals surface area contributed by atoms with Crippen molar-refractivity contribution in [3.8, 4) is 5.75 Å². The average Bonchev–Trinajstić information content (AvgIpc) is 2.67. The zero-order valence-electron chi connectivity index (χ0n) is 9.91. The maximum Gasteiger partial charge on any atom is 0.311 e. The summed E-state index contributed by atoms with van der Waals surface area (Å²) in [6.07, 6.45) is 0.257. The van der Waals surface area contributed by atoms with Crippen molar-refractivity contribution in [3.05, 3.63) is 33.9 Å². The van der Waals surface area contributed by atoms with E-state index >= 15 is 0 Å². The molecule has 1 heterocycles. The molecule has 1 aromatic carbocycles. The van der Waals surface area contributed by atoms with E-state index in [0.29, 0.717) is 5.56 Å². The van der Waals surface area contributed by atoms with Gasteiger partial charge in [-0.25, -0.2) is 0 Å². The minimum atomic E-state index is -0.546. The van der Waals surface area contributed by atoms with E-state index in [0.717, 1.165) is 11.8 Å². The van der Waals surface area contributed by atoms with Crippen LogP contribution in [-0.4, -0.2) is 28.4 Å². The average molecular weight is 282 g/mol. The lowest BCUT2D eigenvalue weighted by Crippen LogP contribution is -2.25. The van der Waals surface area contributed by atoms with Gasteiger partial charge >= 0.3 is 5.69 Å². The van der Waals surface area contributed by atoms with E-state index in [1.165, 1.54) is 19.2 Å². The summed E-state index contributed by atoms with van der Waals surface area (Å²) in [4.78, 5) is 32.8. The Morgan fingerprint density at radius 2 is 2.21 bits per heavy atom. The molecule has 0 radical (unpaired) electrons. The van der Waals surface area contributed by atoms with Gasteiger partial charge in [-0.05, 0) is 18.1 Å². The topological polar surface area (TPSA) is 98.5 Å². The molecule has 1 N–H and O–H groups in total. The number of nitro groups is 1. The van der Waals surface area contributed by atoms with Crippen LogP contribution in [0.15, 0.2) is 18.2 Å². The Morgan fingerprint density at radius 3 is 2.74 bits per heavy atom. The van der Waals surface area contributed by atoms with Crippen LogP contribution in [0.5, 0.6) is 5.75 Å². The number of methoxy groups -OCH3 is 1. The summed E-state index contributed by atoms with van der Waals surface area (Å²) >= 11 is 0.892. The number of nitrogens with zero attached hydrogens (tertiary/aromatic N) is 1. The molecule has 1 aliphatic rings. The summed E-state index contributed by atoms with van der Waals surface area (Å²) in [5.74, 6) is -0.207. The Morgan fingerprint density at radius 1 is 1.47 bits per heavy atom. The predicted octanol–water partition coefficient (Wildman–Crippen LogP) is 1.50. The van der Waals surface area contributed by atoms with Crippen molar-refractivity contribution in [2.24, 2.45) is 0 Å². The summed E-state index contributed by atoms with van der Waals surface area (Å²) in [6, 6.07) is 4.48. The number of hydrogen-bond acceptors (Lipinski definition) is 6. The first-order valence-electron chi connectivity index (χ1n) is 5.34. The van der Waals surface area contributed by atoms with Crippen LogP contribution in [0.25, 0.3) is 0 Å². The number of carbonyl (C=O) groups is 2. The zero-order valence-corrected chi connectivity index (χ0v) is 10.7. The summed E-state index contributed by atoms with van der Waals surface area (Å²) in [7, 11) is 1.35. The van der Waals surface area contributed by atoms with E-state index in [1.807, 2.05) is 0 Å². The second kappa shape index (κ2) is 5.27. The van der Waals surface area contributed by atoms with E-state index < -0.39 is 15.4 Å². The number of carbonyl (C=O) groups excluding carboxylic acids is 2. The number of benzene rings is 1. The molecule has 7 nitrogen and oxygen atoms in total. The molecule has 1 aromatic rings. The number of rotatable bonds is 4. The van der Waals surface area contributed by atoms with Gasteiger partial charge in [0.05, 0.1) is 17.3 Å². The number of nitro benzene ring substituents is 1. The lowest BCUT2D eigenvalue weighted by atomic mass is 10.1. The van der Waals surface area contributed by atoms with Crippen molar-refractivity contribution in [2.75, 3.05) is 7.11 Å². The van der Waals surface area contributed by atoms with Crippen molar-refractivity contribution in [2.45, 2.75) is 11.7 Å². The third kappa shape index (κ3) is 2.84. The standard InChI is InChI=1S/C11H10N2O5S/c1-18-8-3-2-6(4-7(8)13(16)17)5-9-10(14)12-11(15)19-9/h2-4,9H,5H2,1H3,(H,12,14,15).